The number of hydrogen-bond acceptors (Lipinski definition) is 5. The fourth-order valence-electron chi connectivity index (χ4n) is 2.59. The summed E-state index contributed by atoms with van der Waals surface area (Å²) in [5, 5.41) is 0.0402. The van der Waals surface area contributed by atoms with Gasteiger partial charge in [0.25, 0.3) is 11.1 Å². The number of carbonyl (C=O) groups excluding carboxylic acids is 3. The maximum atomic E-state index is 12.6. The Hall–Kier alpha value is -2.09. The number of thioether (sulfide) groups is 1. The van der Waals surface area contributed by atoms with Gasteiger partial charge in [-0.2, -0.15) is 0 Å². The minimum absolute atomic E-state index is 0.271. The maximum absolute atomic E-state index is 12.6. The molecule has 0 radical (unpaired) electrons. The van der Waals surface area contributed by atoms with Gasteiger partial charge in [-0.1, -0.05) is 24.6 Å². The van der Waals surface area contributed by atoms with Gasteiger partial charge in [-0.3, -0.25) is 19.3 Å². The number of amides is 2. The minimum atomic E-state index is -0.482. The molecule has 0 unspecified atom stereocenters. The van der Waals surface area contributed by atoms with E-state index in [0.29, 0.717) is 22.9 Å². The zero-order valence-corrected chi connectivity index (χ0v) is 18.6. The van der Waals surface area contributed by atoms with E-state index < -0.39 is 11.1 Å². The lowest BCUT2D eigenvalue weighted by atomic mass is 10.1. The Labute approximate surface area is 186 Å². The predicted octanol–water partition coefficient (Wildman–Crippen LogP) is 5.81. The maximum Gasteiger partial charge on any atom is 0.293 e. The highest BCUT2D eigenvalue weighted by atomic mass is 79.9. The number of halogens is 2. The first-order chi connectivity index (χ1) is 13.9. The normalized spacial score (nSPS) is 15.3. The third-order valence-electron chi connectivity index (χ3n) is 4.06. The van der Waals surface area contributed by atoms with Crippen molar-refractivity contribution in [1.29, 1.82) is 0 Å². The van der Waals surface area contributed by atoms with E-state index in [9.17, 15) is 14.4 Å². The van der Waals surface area contributed by atoms with Crippen LogP contribution in [0.1, 0.15) is 29.3 Å². The predicted molar refractivity (Wildman–Crippen MR) is 118 cm³/mol. The van der Waals surface area contributed by atoms with Crippen LogP contribution in [0.5, 0.6) is 5.75 Å². The summed E-state index contributed by atoms with van der Waals surface area (Å²) in [6, 6.07) is 11.8. The first-order valence-electron chi connectivity index (χ1n) is 8.85. The number of ketones is 1. The molecule has 0 saturated carbocycles. The van der Waals surface area contributed by atoms with Gasteiger partial charge >= 0.3 is 0 Å². The Morgan fingerprint density at radius 2 is 1.93 bits per heavy atom. The first-order valence-corrected chi connectivity index (χ1v) is 10.8. The molecular formula is C21H17BrClNO4S. The lowest BCUT2D eigenvalue weighted by Gasteiger charge is -2.11. The molecule has 5 nitrogen and oxygen atoms in total. The van der Waals surface area contributed by atoms with Crippen molar-refractivity contribution in [2.24, 2.45) is 0 Å². The van der Waals surface area contributed by atoms with Crippen molar-refractivity contribution in [3.05, 3.63) is 68.0 Å². The molecular weight excluding hydrogens is 478 g/mol. The average Bonchev–Trinajstić information content (AvgIpc) is 2.95. The molecule has 1 fully saturated rings. The summed E-state index contributed by atoms with van der Waals surface area (Å²) in [7, 11) is 0. The van der Waals surface area contributed by atoms with Gasteiger partial charge < -0.3 is 4.74 Å². The van der Waals surface area contributed by atoms with E-state index in [1.165, 1.54) is 0 Å². The fourth-order valence-corrected chi connectivity index (χ4v) is 4.07. The number of Topliss-reactive ketones (excluding diaryl/α,β-unsaturated/α-hetero) is 1. The van der Waals surface area contributed by atoms with Crippen molar-refractivity contribution < 1.29 is 19.1 Å². The number of imide groups is 1. The summed E-state index contributed by atoms with van der Waals surface area (Å²) < 4.78 is 6.37. The number of carbonyl (C=O) groups is 3. The van der Waals surface area contributed by atoms with Crippen LogP contribution in [-0.2, 0) is 4.79 Å². The van der Waals surface area contributed by atoms with Gasteiger partial charge in [-0.05, 0) is 82.2 Å². The lowest BCUT2D eigenvalue weighted by Crippen LogP contribution is -2.33. The molecule has 29 heavy (non-hydrogen) atoms. The van der Waals surface area contributed by atoms with E-state index in [4.69, 9.17) is 16.3 Å². The number of rotatable bonds is 7. The molecule has 3 rings (SSSR count). The summed E-state index contributed by atoms with van der Waals surface area (Å²) in [6.07, 6.45) is 2.53. The second kappa shape index (κ2) is 9.61. The molecule has 1 heterocycles. The highest BCUT2D eigenvalue weighted by Gasteiger charge is 2.36. The third-order valence-corrected chi connectivity index (χ3v) is 5.84. The van der Waals surface area contributed by atoms with Gasteiger partial charge in [0.15, 0.2) is 5.78 Å². The number of nitrogens with zero attached hydrogens (tertiary/aromatic N) is 1. The van der Waals surface area contributed by atoms with Gasteiger partial charge in [-0.15, -0.1) is 0 Å². The van der Waals surface area contributed by atoms with Gasteiger partial charge in [0.2, 0.25) is 0 Å². The van der Waals surface area contributed by atoms with Crippen LogP contribution in [0, 0.1) is 0 Å². The van der Waals surface area contributed by atoms with Crippen molar-refractivity contribution >= 4 is 62.3 Å². The van der Waals surface area contributed by atoms with Crippen molar-refractivity contribution in [3.8, 4) is 5.75 Å². The van der Waals surface area contributed by atoms with Crippen molar-refractivity contribution in [2.45, 2.75) is 13.3 Å². The molecule has 0 bridgehead atoms. The van der Waals surface area contributed by atoms with Gasteiger partial charge in [-0.25, -0.2) is 0 Å². The van der Waals surface area contributed by atoms with Crippen LogP contribution in [0.4, 0.5) is 4.79 Å². The van der Waals surface area contributed by atoms with Crippen LogP contribution in [-0.4, -0.2) is 35.0 Å². The van der Waals surface area contributed by atoms with Crippen molar-refractivity contribution in [2.75, 3.05) is 13.2 Å². The highest BCUT2D eigenvalue weighted by molar-refractivity contribution is 9.10. The Kier molecular flexibility index (Phi) is 7.16. The molecule has 1 aliphatic heterocycles. The van der Waals surface area contributed by atoms with Gasteiger partial charge in [0.05, 0.1) is 22.5 Å². The lowest BCUT2D eigenvalue weighted by molar-refractivity contribution is -0.122. The van der Waals surface area contributed by atoms with Crippen LogP contribution in [0.3, 0.4) is 0 Å². The number of hydrogen-bond donors (Lipinski definition) is 0. The summed E-state index contributed by atoms with van der Waals surface area (Å²) in [5.74, 6) is -0.0965. The Balaban J connectivity index is 1.73. The van der Waals surface area contributed by atoms with Crippen LogP contribution in [0.2, 0.25) is 5.02 Å². The SMILES string of the molecule is CCCOc1ccc(/C=C2\SC(=O)N(CC(=O)c3ccc(Cl)cc3)C2=O)cc1Br. The average molecular weight is 495 g/mol. The monoisotopic (exact) mass is 493 g/mol. The molecule has 2 aromatic carbocycles. The van der Waals surface area contributed by atoms with Crippen LogP contribution >= 0.6 is 39.3 Å². The topological polar surface area (TPSA) is 63.7 Å². The molecule has 0 aromatic heterocycles. The standard InChI is InChI=1S/C21H17BrClNO4S/c1-2-9-28-18-8-3-13(10-16(18)22)11-19-20(26)24(21(27)29-19)12-17(25)14-4-6-15(23)7-5-14/h3-8,10-11H,2,9,12H2,1H3/b19-11-. The second-order valence-electron chi connectivity index (χ2n) is 6.24. The number of ether oxygens (including phenoxy) is 1. The van der Waals surface area contributed by atoms with E-state index in [1.54, 1.807) is 36.4 Å². The summed E-state index contributed by atoms with van der Waals surface area (Å²) in [4.78, 5) is 38.5. The number of benzene rings is 2. The smallest absolute Gasteiger partial charge is 0.293 e. The molecule has 0 spiro atoms. The summed E-state index contributed by atoms with van der Waals surface area (Å²) >= 11 is 10.1. The highest BCUT2D eigenvalue weighted by Crippen LogP contribution is 2.34. The van der Waals surface area contributed by atoms with E-state index in [-0.39, 0.29) is 17.2 Å². The van der Waals surface area contributed by atoms with Gasteiger partial charge in [0, 0.05) is 10.6 Å². The van der Waals surface area contributed by atoms with E-state index in [1.807, 2.05) is 19.1 Å². The Morgan fingerprint density at radius 1 is 1.21 bits per heavy atom. The first kappa shape index (κ1) is 21.6. The molecule has 0 atom stereocenters. The largest absolute Gasteiger partial charge is 0.492 e. The molecule has 2 amide bonds. The van der Waals surface area contributed by atoms with E-state index in [0.717, 1.165) is 33.1 Å². The second-order valence-corrected chi connectivity index (χ2v) is 8.52. The zero-order valence-electron chi connectivity index (χ0n) is 15.5. The molecule has 8 heteroatoms. The molecule has 1 saturated heterocycles. The fraction of sp³-hybridized carbons (Fsp3) is 0.190. The van der Waals surface area contributed by atoms with Crippen molar-refractivity contribution in [1.82, 2.24) is 4.90 Å². The van der Waals surface area contributed by atoms with E-state index >= 15 is 0 Å². The molecule has 0 aliphatic carbocycles. The molecule has 2 aromatic rings. The quantitative estimate of drug-likeness (QED) is 0.359. The minimum Gasteiger partial charge on any atom is -0.492 e. The van der Waals surface area contributed by atoms with Crippen molar-refractivity contribution in [3.63, 3.8) is 0 Å². The van der Waals surface area contributed by atoms with Gasteiger partial charge in [0.1, 0.15) is 5.75 Å². The zero-order chi connectivity index (χ0) is 21.0. The Morgan fingerprint density at radius 3 is 2.59 bits per heavy atom. The van der Waals surface area contributed by atoms with E-state index in [2.05, 4.69) is 15.9 Å². The summed E-state index contributed by atoms with van der Waals surface area (Å²) in [6.45, 7) is 2.33. The summed E-state index contributed by atoms with van der Waals surface area (Å²) in [5.41, 5.74) is 1.14. The third kappa shape index (κ3) is 5.29. The Bertz CT molecular complexity index is 991. The van der Waals surface area contributed by atoms with Crippen LogP contribution < -0.4 is 4.74 Å². The van der Waals surface area contributed by atoms with Crippen LogP contribution in [0.25, 0.3) is 6.08 Å². The molecule has 1 aliphatic rings. The molecule has 150 valence electrons. The molecule has 0 N–H and O–H groups in total. The van der Waals surface area contributed by atoms with Crippen LogP contribution in [0.15, 0.2) is 51.8 Å².